The summed E-state index contributed by atoms with van der Waals surface area (Å²) in [4.78, 5) is 13.5. The standard InChI is InChI=1S/C21H39N3O2Si.C19H31N3O2Si.2C15H26IN3OSi.C15H25N3O/c1-6-7-8-9-13-26-20-17-24(18-25-14-15-27(3,4)5)22-21(20)19-11-10-12-23(2)16-19;1-5-6-7-11-24-18-15-22(16-23-12-13-25(2,3)4)21-19(18)17-9-8-10-20-14-17;1-18-7-5-6-13(11-18)15-14(16)10-17-19(15)12-20-8-9-21(2,3)4;1-18-7-5-6-13(10-18)15-14(16)11-19(17-15)12-20-8-9-21(2,3)4;1-3-4-5-6-10-19-14-11-16-17-15(14)13-8-7-9-18(2)12-13/h11,17H,6-10,12-16,18H2,1-5H3;8-10,14-15H,5-7,11-13,16H2,1-4H3;6,10H,5,7-9,11-12H2,1-4H3;6,11H,5,7-10,12H2,1-4H3;8,11H,3-7,9-10,12H2,1-2H3,(H,16,17). The first kappa shape index (κ1) is 97.4. The van der Waals surface area contributed by atoms with Gasteiger partial charge in [0.15, 0.2) is 17.2 Å². The second-order valence-electron chi connectivity index (χ2n) is 35.6. The van der Waals surface area contributed by atoms with E-state index in [4.69, 9.17) is 43.4 Å². The number of pyridine rings is 1. The van der Waals surface area contributed by atoms with E-state index in [1.807, 2.05) is 55.6 Å². The fourth-order valence-corrected chi connectivity index (χ4v) is 17.1. The van der Waals surface area contributed by atoms with E-state index in [0.717, 1.165) is 189 Å². The summed E-state index contributed by atoms with van der Waals surface area (Å²) < 4.78 is 51.4. The molecule has 634 valence electrons. The van der Waals surface area contributed by atoms with Crippen molar-refractivity contribution in [2.45, 2.75) is 247 Å². The van der Waals surface area contributed by atoms with Crippen LogP contribution in [0.25, 0.3) is 33.5 Å². The number of H-pyrrole nitrogens is 1. The van der Waals surface area contributed by atoms with E-state index in [1.165, 1.54) is 105 Å². The van der Waals surface area contributed by atoms with E-state index in [0.29, 0.717) is 33.5 Å². The maximum Gasteiger partial charge on any atom is 0.165 e. The van der Waals surface area contributed by atoms with E-state index in [2.05, 4.69) is 248 Å². The predicted molar refractivity (Wildman–Crippen MR) is 497 cm³/mol. The van der Waals surface area contributed by atoms with E-state index in [9.17, 15) is 0 Å². The molecule has 0 unspecified atom stereocenters. The summed E-state index contributed by atoms with van der Waals surface area (Å²) in [6.07, 6.45) is 40.2. The van der Waals surface area contributed by atoms with Gasteiger partial charge in [-0.05, 0) is 177 Å². The number of hydrogen-bond donors (Lipinski definition) is 1. The van der Waals surface area contributed by atoms with E-state index < -0.39 is 32.3 Å². The minimum Gasteiger partial charge on any atom is -0.490 e. The molecule has 28 heteroatoms. The number of rotatable bonds is 42. The molecule has 10 rings (SSSR count). The van der Waals surface area contributed by atoms with Gasteiger partial charge in [0.1, 0.15) is 49.7 Å². The van der Waals surface area contributed by atoms with Crippen molar-refractivity contribution in [3.8, 4) is 28.5 Å². The molecule has 1 N–H and O–H groups in total. The van der Waals surface area contributed by atoms with Crippen molar-refractivity contribution in [1.82, 2.24) is 73.9 Å². The number of aromatic amines is 1. The quantitative estimate of drug-likeness (QED) is 0.0216. The van der Waals surface area contributed by atoms with Gasteiger partial charge in [-0.3, -0.25) is 10.1 Å². The molecular weight excluding hydrogens is 1710 g/mol. The van der Waals surface area contributed by atoms with Crippen molar-refractivity contribution in [3.05, 3.63) is 110 Å². The molecule has 0 saturated heterocycles. The third-order valence-corrected chi connectivity index (χ3v) is 27.9. The van der Waals surface area contributed by atoms with Gasteiger partial charge in [-0.1, -0.05) is 175 Å². The first-order chi connectivity index (χ1) is 53.9. The molecule has 0 bridgehead atoms. The summed E-state index contributed by atoms with van der Waals surface area (Å²) in [7, 11) is 4.49. The van der Waals surface area contributed by atoms with Crippen LogP contribution in [0, 0.1) is 7.14 Å². The van der Waals surface area contributed by atoms with Crippen LogP contribution in [0.5, 0.6) is 17.2 Å². The lowest BCUT2D eigenvalue weighted by molar-refractivity contribution is 0.0778. The summed E-state index contributed by atoms with van der Waals surface area (Å²) >= 11 is 4.75. The van der Waals surface area contributed by atoms with Crippen LogP contribution in [0.2, 0.25) is 103 Å². The van der Waals surface area contributed by atoms with Gasteiger partial charge in [-0.2, -0.15) is 25.5 Å². The minimum atomic E-state index is -1.07. The Morgan fingerprint density at radius 1 is 0.416 bits per heavy atom. The van der Waals surface area contributed by atoms with Gasteiger partial charge in [0, 0.05) is 135 Å². The predicted octanol–water partition coefficient (Wildman–Crippen LogP) is 19.8. The fourth-order valence-electron chi connectivity index (χ4n) is 12.5. The highest BCUT2D eigenvalue weighted by atomic mass is 127. The number of unbranched alkanes of at least 4 members (excludes halogenated alkanes) is 8. The maximum absolute atomic E-state index is 6.12. The van der Waals surface area contributed by atoms with Crippen molar-refractivity contribution in [1.29, 1.82) is 0 Å². The molecule has 113 heavy (non-hydrogen) atoms. The van der Waals surface area contributed by atoms with Gasteiger partial charge < -0.3 is 52.8 Å². The van der Waals surface area contributed by atoms with Crippen LogP contribution in [-0.2, 0) is 45.9 Å². The number of halogens is 2. The molecule has 0 atom stereocenters. The van der Waals surface area contributed by atoms with Crippen molar-refractivity contribution < 1.29 is 33.2 Å². The van der Waals surface area contributed by atoms with Gasteiger partial charge in [-0.25, -0.2) is 18.7 Å². The Morgan fingerprint density at radius 3 is 1.28 bits per heavy atom. The first-order valence-corrected chi connectivity index (χ1v) is 59.1. The molecule has 6 aromatic rings. The monoisotopic (exact) mass is 1860 g/mol. The Morgan fingerprint density at radius 2 is 0.814 bits per heavy atom. The summed E-state index contributed by atoms with van der Waals surface area (Å²) in [5, 5.41) is 25.8. The first-order valence-electron chi connectivity index (χ1n) is 42.1. The Labute approximate surface area is 713 Å². The molecule has 0 aromatic carbocycles. The number of nitrogens with zero attached hydrogens (tertiary/aromatic N) is 14. The van der Waals surface area contributed by atoms with Crippen LogP contribution >= 0.6 is 45.2 Å². The number of aromatic nitrogens is 11. The molecule has 0 amide bonds. The molecule has 22 nitrogen and oxygen atoms in total. The lowest BCUT2D eigenvalue weighted by Crippen LogP contribution is -2.26. The molecular formula is C85H147I2N15O7Si4. The summed E-state index contributed by atoms with van der Waals surface area (Å²) in [5.74, 6) is 2.61. The van der Waals surface area contributed by atoms with E-state index in [1.54, 1.807) is 12.4 Å². The number of hydrogen-bond acceptors (Lipinski definition) is 17. The fraction of sp³-hybridized carbons (Fsp3) is 0.671. The van der Waals surface area contributed by atoms with Crippen molar-refractivity contribution in [3.63, 3.8) is 0 Å². The normalized spacial score (nSPS) is 15.5. The minimum absolute atomic E-state index is 0.454. The van der Waals surface area contributed by atoms with Gasteiger partial charge >= 0.3 is 0 Å². The maximum atomic E-state index is 6.12. The Balaban J connectivity index is 0.000000221. The zero-order valence-corrected chi connectivity index (χ0v) is 81.6. The van der Waals surface area contributed by atoms with Crippen molar-refractivity contribution in [2.75, 3.05) is 127 Å². The topological polar surface area (TPSA) is 190 Å². The second kappa shape index (κ2) is 51.8. The molecule has 0 fully saturated rings. The van der Waals surface area contributed by atoms with Crippen LogP contribution < -0.4 is 14.2 Å². The van der Waals surface area contributed by atoms with Gasteiger partial charge in [0.2, 0.25) is 0 Å². The van der Waals surface area contributed by atoms with Crippen LogP contribution in [0.4, 0.5) is 0 Å². The van der Waals surface area contributed by atoms with Gasteiger partial charge in [0.05, 0.1) is 57.4 Å². The lowest BCUT2D eigenvalue weighted by atomic mass is 10.1. The summed E-state index contributed by atoms with van der Waals surface area (Å²) in [5.41, 5.74) is 11.5. The van der Waals surface area contributed by atoms with Crippen LogP contribution in [-0.4, -0.2) is 233 Å². The smallest absolute Gasteiger partial charge is 0.165 e. The Hall–Kier alpha value is -4.43. The van der Waals surface area contributed by atoms with Crippen LogP contribution in [0.15, 0.2) is 79.8 Å². The Kier molecular flexibility index (Phi) is 44.6. The van der Waals surface area contributed by atoms with Crippen LogP contribution in [0.3, 0.4) is 0 Å². The Bertz CT molecular complexity index is 3750. The molecule has 4 aliphatic rings. The largest absolute Gasteiger partial charge is 0.490 e. The molecule has 0 radical (unpaired) electrons. The highest BCUT2D eigenvalue weighted by molar-refractivity contribution is 14.1. The molecule has 0 aliphatic carbocycles. The number of ether oxygens (including phenoxy) is 7. The number of likely N-dealkylation sites (N-methyl/N-ethyl adjacent to an activating group) is 4. The average Bonchev–Trinajstić information content (AvgIpc) is 1.74. The zero-order valence-electron chi connectivity index (χ0n) is 73.3. The molecule has 0 spiro atoms. The third kappa shape index (κ3) is 39.3. The van der Waals surface area contributed by atoms with Gasteiger partial charge in [0.25, 0.3) is 0 Å². The molecule has 4 aliphatic heterocycles. The zero-order chi connectivity index (χ0) is 82.2. The van der Waals surface area contributed by atoms with E-state index >= 15 is 0 Å². The summed E-state index contributed by atoms with van der Waals surface area (Å²) in [6.45, 7) is 51.1. The molecule has 6 aromatic heterocycles. The SMILES string of the molecule is CCCCCCOc1cn(COCC[Si](C)(C)C)nc1C1=CCCN(C)C1.CCCCCCOc1cn[nH]c1C1=CCCN(C)C1.CCCCCOc1cn(COCC[Si](C)(C)C)nc1-c1cccnc1.CN1CCC=C(c2c(I)cnn2COCC[Si](C)(C)C)C1.CN1CCC=C(c2nn(COCC[Si](C)(C)C)cc2I)C1. The second-order valence-corrected chi connectivity index (χ2v) is 60.4. The highest BCUT2D eigenvalue weighted by Gasteiger charge is 2.24. The van der Waals surface area contributed by atoms with Gasteiger partial charge in [-0.15, -0.1) is 0 Å². The molecule has 0 saturated carbocycles. The van der Waals surface area contributed by atoms with Crippen molar-refractivity contribution in [2.24, 2.45) is 0 Å². The summed E-state index contributed by atoms with van der Waals surface area (Å²) in [6, 6.07) is 8.66. The van der Waals surface area contributed by atoms with Crippen molar-refractivity contribution >= 4 is 99.8 Å². The third-order valence-electron chi connectivity index (χ3n) is 19.5. The van der Waals surface area contributed by atoms with E-state index in [-0.39, 0.29) is 0 Å². The number of nitrogens with one attached hydrogen (secondary N) is 1. The average molecular weight is 1860 g/mol. The highest BCUT2D eigenvalue weighted by Crippen LogP contribution is 2.32. The van der Waals surface area contributed by atoms with Crippen LogP contribution in [0.1, 0.15) is 140 Å². The molecule has 10 heterocycles. The lowest BCUT2D eigenvalue weighted by Gasteiger charge is -2.24.